The Hall–Kier alpha value is -1.98. The molecule has 2 N–H and O–H groups in total. The smallest absolute Gasteiger partial charge is 0.321 e. The fourth-order valence-electron chi connectivity index (χ4n) is 4.16. The zero-order chi connectivity index (χ0) is 21.7. The minimum absolute atomic E-state index is 0.0529. The number of nitrogens with zero attached hydrogens (tertiary/aromatic N) is 3. The van der Waals surface area contributed by atoms with Crippen LogP contribution in [0.3, 0.4) is 0 Å². The Kier molecular flexibility index (Phi) is 7.48. The standard InChI is InChI=1S/C19H31N5O5S/c1-14-18(15(2)29-22-14)30(27,28)24-10-6-9-23(11-12-24)13-17(25)21-19(26)20-16-7-4-3-5-8-16/h16H,3-13H2,1-2H3,(H2,20,21,25,26). The van der Waals surface area contributed by atoms with Crippen molar-refractivity contribution in [2.24, 2.45) is 0 Å². The van der Waals surface area contributed by atoms with Crippen molar-refractivity contribution < 1.29 is 22.5 Å². The Bertz CT molecular complexity index is 843. The van der Waals surface area contributed by atoms with Crippen molar-refractivity contribution in [3.05, 3.63) is 11.5 Å². The molecule has 11 heteroatoms. The van der Waals surface area contributed by atoms with Gasteiger partial charge in [-0.1, -0.05) is 24.4 Å². The molecule has 2 aliphatic rings. The number of sulfonamides is 1. The molecule has 0 atom stereocenters. The maximum absolute atomic E-state index is 13.0. The summed E-state index contributed by atoms with van der Waals surface area (Å²) in [5.74, 6) is -0.109. The number of rotatable bonds is 5. The fraction of sp³-hybridized carbons (Fsp3) is 0.737. The zero-order valence-corrected chi connectivity index (χ0v) is 18.5. The molecule has 2 fully saturated rings. The molecule has 30 heavy (non-hydrogen) atoms. The second-order valence-corrected chi connectivity index (χ2v) is 9.92. The number of aryl methyl sites for hydroxylation is 2. The SMILES string of the molecule is Cc1noc(C)c1S(=O)(=O)N1CCCN(CC(=O)NC(=O)NC2CCCCC2)CC1. The van der Waals surface area contributed by atoms with E-state index in [0.717, 1.165) is 25.7 Å². The average Bonchev–Trinajstić information content (AvgIpc) is 2.88. The second kappa shape index (κ2) is 9.88. The summed E-state index contributed by atoms with van der Waals surface area (Å²) >= 11 is 0. The lowest BCUT2D eigenvalue weighted by molar-refractivity contribution is -0.121. The summed E-state index contributed by atoms with van der Waals surface area (Å²) < 4.78 is 32.4. The maximum atomic E-state index is 13.0. The molecule has 1 aliphatic carbocycles. The number of amides is 3. The first-order valence-electron chi connectivity index (χ1n) is 10.5. The summed E-state index contributed by atoms with van der Waals surface area (Å²) in [5, 5.41) is 8.99. The Labute approximate surface area is 177 Å². The van der Waals surface area contributed by atoms with Gasteiger partial charge >= 0.3 is 6.03 Å². The van der Waals surface area contributed by atoms with Crippen molar-refractivity contribution in [1.29, 1.82) is 0 Å². The predicted octanol–water partition coefficient (Wildman–Crippen LogP) is 1.15. The van der Waals surface area contributed by atoms with E-state index in [-0.39, 0.29) is 35.7 Å². The third-order valence-corrected chi connectivity index (χ3v) is 7.82. The van der Waals surface area contributed by atoms with Gasteiger partial charge in [-0.25, -0.2) is 13.2 Å². The number of carbonyl (C=O) groups is 2. The largest absolute Gasteiger partial charge is 0.360 e. The van der Waals surface area contributed by atoms with Gasteiger partial charge in [0.05, 0.1) is 6.54 Å². The first-order valence-corrected chi connectivity index (χ1v) is 12.0. The Morgan fingerprint density at radius 3 is 2.47 bits per heavy atom. The molecular formula is C19H31N5O5S. The van der Waals surface area contributed by atoms with Crippen LogP contribution in [0.15, 0.2) is 9.42 Å². The molecule has 1 aromatic rings. The van der Waals surface area contributed by atoms with E-state index >= 15 is 0 Å². The highest BCUT2D eigenvalue weighted by atomic mass is 32.2. The van der Waals surface area contributed by atoms with Crippen LogP contribution in [-0.4, -0.2) is 73.5 Å². The molecule has 0 aromatic carbocycles. The Balaban J connectivity index is 1.50. The van der Waals surface area contributed by atoms with Gasteiger partial charge in [-0.3, -0.25) is 15.0 Å². The van der Waals surface area contributed by atoms with Gasteiger partial charge in [0, 0.05) is 25.7 Å². The van der Waals surface area contributed by atoms with E-state index in [2.05, 4.69) is 15.8 Å². The summed E-state index contributed by atoms with van der Waals surface area (Å²) in [6, 6.07) is -0.322. The molecule has 0 unspecified atom stereocenters. The number of aromatic nitrogens is 1. The molecule has 3 amide bonds. The lowest BCUT2D eigenvalue weighted by Crippen LogP contribution is -2.48. The summed E-state index contributed by atoms with van der Waals surface area (Å²) in [6.07, 6.45) is 5.87. The summed E-state index contributed by atoms with van der Waals surface area (Å²) in [6.45, 7) is 4.83. The van der Waals surface area contributed by atoms with Gasteiger partial charge < -0.3 is 9.84 Å². The van der Waals surface area contributed by atoms with Crippen LogP contribution >= 0.6 is 0 Å². The third kappa shape index (κ3) is 5.58. The van der Waals surface area contributed by atoms with Crippen LogP contribution in [0.1, 0.15) is 50.0 Å². The van der Waals surface area contributed by atoms with Crippen LogP contribution in [0.25, 0.3) is 0 Å². The number of hydrogen-bond donors (Lipinski definition) is 2. The van der Waals surface area contributed by atoms with Gasteiger partial charge in [0.1, 0.15) is 10.6 Å². The summed E-state index contributed by atoms with van der Waals surface area (Å²) in [7, 11) is -3.70. The number of imide groups is 1. The van der Waals surface area contributed by atoms with Gasteiger partial charge in [-0.05, 0) is 39.7 Å². The highest BCUT2D eigenvalue weighted by Gasteiger charge is 2.32. The van der Waals surface area contributed by atoms with Crippen LogP contribution < -0.4 is 10.6 Å². The third-order valence-electron chi connectivity index (χ3n) is 5.67. The Morgan fingerprint density at radius 1 is 1.07 bits per heavy atom. The molecule has 1 saturated carbocycles. The molecule has 1 aliphatic heterocycles. The molecule has 1 aromatic heterocycles. The van der Waals surface area contributed by atoms with E-state index in [4.69, 9.17) is 4.52 Å². The highest BCUT2D eigenvalue weighted by Crippen LogP contribution is 2.24. The minimum Gasteiger partial charge on any atom is -0.360 e. The summed E-state index contributed by atoms with van der Waals surface area (Å²) in [5.41, 5.74) is 0.344. The normalized spacial score (nSPS) is 19.9. The van der Waals surface area contributed by atoms with Crippen molar-refractivity contribution in [3.8, 4) is 0 Å². The van der Waals surface area contributed by atoms with E-state index in [1.54, 1.807) is 13.8 Å². The fourth-order valence-corrected chi connectivity index (χ4v) is 5.92. The number of carbonyl (C=O) groups excluding carboxylic acids is 2. The number of hydrogen-bond acceptors (Lipinski definition) is 7. The minimum atomic E-state index is -3.70. The highest BCUT2D eigenvalue weighted by molar-refractivity contribution is 7.89. The molecule has 3 rings (SSSR count). The van der Waals surface area contributed by atoms with Crippen molar-refractivity contribution in [2.45, 2.75) is 63.3 Å². The monoisotopic (exact) mass is 441 g/mol. The topological polar surface area (TPSA) is 125 Å². The van der Waals surface area contributed by atoms with Crippen LogP contribution in [0.4, 0.5) is 4.79 Å². The lowest BCUT2D eigenvalue weighted by atomic mass is 9.96. The van der Waals surface area contributed by atoms with Crippen molar-refractivity contribution in [3.63, 3.8) is 0 Å². The second-order valence-electron chi connectivity index (χ2n) is 8.04. The van der Waals surface area contributed by atoms with Crippen LogP contribution in [0, 0.1) is 13.8 Å². The number of nitrogens with one attached hydrogen (secondary N) is 2. The van der Waals surface area contributed by atoms with Gasteiger partial charge in [0.25, 0.3) is 0 Å². The van der Waals surface area contributed by atoms with E-state index in [1.165, 1.54) is 10.7 Å². The van der Waals surface area contributed by atoms with Gasteiger partial charge in [0.15, 0.2) is 5.76 Å². The first-order chi connectivity index (χ1) is 14.3. The molecule has 0 radical (unpaired) electrons. The predicted molar refractivity (Wildman–Crippen MR) is 109 cm³/mol. The van der Waals surface area contributed by atoms with Crippen molar-refractivity contribution >= 4 is 22.0 Å². The van der Waals surface area contributed by atoms with E-state index in [1.807, 2.05) is 4.90 Å². The van der Waals surface area contributed by atoms with Crippen LogP contribution in [0.2, 0.25) is 0 Å². The van der Waals surface area contributed by atoms with Crippen molar-refractivity contribution in [1.82, 2.24) is 25.0 Å². The zero-order valence-electron chi connectivity index (χ0n) is 17.6. The van der Waals surface area contributed by atoms with E-state index in [9.17, 15) is 18.0 Å². The molecule has 168 valence electrons. The quantitative estimate of drug-likeness (QED) is 0.702. The Morgan fingerprint density at radius 2 is 1.80 bits per heavy atom. The van der Waals surface area contributed by atoms with Gasteiger partial charge in [0.2, 0.25) is 15.9 Å². The molecule has 2 heterocycles. The first kappa shape index (κ1) is 22.7. The van der Waals surface area contributed by atoms with Gasteiger partial charge in [-0.15, -0.1) is 0 Å². The number of urea groups is 1. The summed E-state index contributed by atoms with van der Waals surface area (Å²) in [4.78, 5) is 26.3. The average molecular weight is 442 g/mol. The van der Waals surface area contributed by atoms with Crippen molar-refractivity contribution in [2.75, 3.05) is 32.7 Å². The maximum Gasteiger partial charge on any atom is 0.321 e. The van der Waals surface area contributed by atoms with E-state index < -0.39 is 16.1 Å². The van der Waals surface area contributed by atoms with E-state index in [0.29, 0.717) is 31.7 Å². The van der Waals surface area contributed by atoms with Crippen LogP contribution in [-0.2, 0) is 14.8 Å². The molecule has 10 nitrogen and oxygen atoms in total. The van der Waals surface area contributed by atoms with Crippen LogP contribution in [0.5, 0.6) is 0 Å². The molecular weight excluding hydrogens is 410 g/mol. The molecule has 0 bridgehead atoms. The molecule has 1 saturated heterocycles. The van der Waals surface area contributed by atoms with Gasteiger partial charge in [-0.2, -0.15) is 4.31 Å². The molecule has 0 spiro atoms. The lowest BCUT2D eigenvalue weighted by Gasteiger charge is -2.23.